The van der Waals surface area contributed by atoms with Crippen molar-refractivity contribution in [2.24, 2.45) is 5.92 Å². The summed E-state index contributed by atoms with van der Waals surface area (Å²) in [6, 6.07) is 2.03. The number of aromatic nitrogens is 4. The van der Waals surface area contributed by atoms with E-state index in [9.17, 15) is 0 Å². The predicted octanol–water partition coefficient (Wildman–Crippen LogP) is 3.81. The van der Waals surface area contributed by atoms with Gasteiger partial charge < -0.3 is 4.98 Å². The molecule has 1 fully saturated rings. The highest BCUT2D eigenvalue weighted by molar-refractivity contribution is 7.15. The maximum Gasteiger partial charge on any atom is 0.141 e. The Morgan fingerprint density at radius 3 is 3.00 bits per heavy atom. The van der Waals surface area contributed by atoms with E-state index in [0.717, 1.165) is 33.9 Å². The van der Waals surface area contributed by atoms with Gasteiger partial charge in [0.2, 0.25) is 0 Å². The Labute approximate surface area is 121 Å². The van der Waals surface area contributed by atoms with E-state index in [2.05, 4.69) is 19.9 Å². The molecule has 102 valence electrons. The van der Waals surface area contributed by atoms with Crippen molar-refractivity contribution in [3.05, 3.63) is 29.8 Å². The Bertz CT molecular complexity index is 724. The maximum absolute atomic E-state index is 4.60. The molecule has 0 bridgehead atoms. The first-order valence-electron chi connectivity index (χ1n) is 7.13. The van der Waals surface area contributed by atoms with Crippen molar-refractivity contribution in [2.75, 3.05) is 0 Å². The lowest BCUT2D eigenvalue weighted by atomic mass is 10.1. The van der Waals surface area contributed by atoms with Gasteiger partial charge in [-0.3, -0.25) is 0 Å². The van der Waals surface area contributed by atoms with Crippen LogP contribution in [-0.2, 0) is 6.42 Å². The summed E-state index contributed by atoms with van der Waals surface area (Å²) < 4.78 is 0. The number of nitrogens with zero attached hydrogens (tertiary/aromatic N) is 3. The van der Waals surface area contributed by atoms with Crippen LogP contribution in [0.3, 0.4) is 0 Å². The van der Waals surface area contributed by atoms with Gasteiger partial charge in [-0.2, -0.15) is 0 Å². The molecule has 1 saturated carbocycles. The first-order chi connectivity index (χ1) is 9.90. The minimum atomic E-state index is 0.840. The van der Waals surface area contributed by atoms with Gasteiger partial charge in [0.1, 0.15) is 12.0 Å². The molecule has 0 aromatic carbocycles. The van der Waals surface area contributed by atoms with Gasteiger partial charge in [-0.1, -0.05) is 25.7 Å². The molecule has 20 heavy (non-hydrogen) atoms. The van der Waals surface area contributed by atoms with Gasteiger partial charge in [0.05, 0.1) is 15.6 Å². The van der Waals surface area contributed by atoms with Crippen molar-refractivity contribution in [1.29, 1.82) is 0 Å². The van der Waals surface area contributed by atoms with Gasteiger partial charge in [-0.15, -0.1) is 11.3 Å². The van der Waals surface area contributed by atoms with Gasteiger partial charge in [-0.25, -0.2) is 15.0 Å². The molecule has 0 radical (unpaired) electrons. The predicted molar refractivity (Wildman–Crippen MR) is 80.7 cm³/mol. The number of thiazole rings is 1. The van der Waals surface area contributed by atoms with Crippen molar-refractivity contribution in [3.63, 3.8) is 0 Å². The van der Waals surface area contributed by atoms with Crippen LogP contribution in [0.5, 0.6) is 0 Å². The number of nitrogens with one attached hydrogen (secondary N) is 1. The zero-order chi connectivity index (χ0) is 13.4. The molecular weight excluding hydrogens is 268 g/mol. The van der Waals surface area contributed by atoms with E-state index in [-0.39, 0.29) is 0 Å². The number of fused-ring (bicyclic) bond motifs is 1. The summed E-state index contributed by atoms with van der Waals surface area (Å²) in [4.78, 5) is 17.5. The third-order valence-corrected chi connectivity index (χ3v) is 5.11. The number of hydrogen-bond acceptors (Lipinski definition) is 4. The summed E-state index contributed by atoms with van der Waals surface area (Å²) in [6.07, 6.45) is 12.1. The monoisotopic (exact) mass is 284 g/mol. The van der Waals surface area contributed by atoms with E-state index in [4.69, 9.17) is 0 Å². The quantitative estimate of drug-likeness (QED) is 0.795. The molecule has 0 saturated heterocycles. The first kappa shape index (κ1) is 12.0. The van der Waals surface area contributed by atoms with Crippen LogP contribution in [-0.4, -0.2) is 19.9 Å². The molecule has 4 nitrogen and oxygen atoms in total. The van der Waals surface area contributed by atoms with Crippen molar-refractivity contribution in [1.82, 2.24) is 19.9 Å². The normalized spacial score (nSPS) is 16.2. The lowest BCUT2D eigenvalue weighted by molar-refractivity contribution is 0.545. The van der Waals surface area contributed by atoms with E-state index in [1.165, 1.54) is 30.7 Å². The Balaban J connectivity index is 1.65. The second-order valence-electron chi connectivity index (χ2n) is 5.44. The van der Waals surface area contributed by atoms with Crippen LogP contribution in [0.25, 0.3) is 21.6 Å². The summed E-state index contributed by atoms with van der Waals surface area (Å²) in [5.74, 6) is 0.840. The molecule has 0 unspecified atom stereocenters. The molecule has 0 atom stereocenters. The number of rotatable bonds is 3. The van der Waals surface area contributed by atoms with Crippen molar-refractivity contribution < 1.29 is 0 Å². The van der Waals surface area contributed by atoms with Crippen LogP contribution in [0.4, 0.5) is 0 Å². The highest BCUT2D eigenvalue weighted by Gasteiger charge is 2.18. The largest absolute Gasteiger partial charge is 0.346 e. The standard InChI is InChI=1S/C15H16N4S/c1-2-4-10(3-1)7-13-17-8-12(20-13)14-11-5-6-16-15(11)19-9-18-14/h5-6,8-10H,1-4,7H2,(H,16,18,19). The van der Waals surface area contributed by atoms with Gasteiger partial charge >= 0.3 is 0 Å². The Kier molecular flexibility index (Phi) is 2.99. The minimum Gasteiger partial charge on any atom is -0.346 e. The molecular formula is C15H16N4S. The van der Waals surface area contributed by atoms with Crippen LogP contribution >= 0.6 is 11.3 Å². The second kappa shape index (κ2) is 4.98. The molecule has 3 heterocycles. The molecule has 1 aliphatic rings. The topological polar surface area (TPSA) is 54.5 Å². The third kappa shape index (κ3) is 2.12. The molecule has 1 N–H and O–H groups in total. The fraction of sp³-hybridized carbons (Fsp3) is 0.400. The van der Waals surface area contributed by atoms with Crippen LogP contribution in [0.15, 0.2) is 24.8 Å². The van der Waals surface area contributed by atoms with E-state index in [0.29, 0.717) is 0 Å². The molecule has 4 rings (SSSR count). The maximum atomic E-state index is 4.60. The van der Waals surface area contributed by atoms with E-state index >= 15 is 0 Å². The zero-order valence-corrected chi connectivity index (χ0v) is 12.0. The number of H-pyrrole nitrogens is 1. The van der Waals surface area contributed by atoms with Crippen molar-refractivity contribution in [2.45, 2.75) is 32.1 Å². The molecule has 0 amide bonds. The first-order valence-corrected chi connectivity index (χ1v) is 7.95. The Morgan fingerprint density at radius 2 is 2.10 bits per heavy atom. The lowest BCUT2D eigenvalue weighted by Crippen LogP contribution is -1.97. The fourth-order valence-electron chi connectivity index (χ4n) is 3.04. The average molecular weight is 284 g/mol. The number of hydrogen-bond donors (Lipinski definition) is 1. The van der Waals surface area contributed by atoms with Gasteiger partial charge in [0, 0.05) is 24.2 Å². The molecule has 3 aromatic heterocycles. The average Bonchev–Trinajstić information content (AvgIpc) is 3.19. The van der Waals surface area contributed by atoms with Gasteiger partial charge in [0.25, 0.3) is 0 Å². The highest BCUT2D eigenvalue weighted by atomic mass is 32.1. The van der Waals surface area contributed by atoms with Crippen molar-refractivity contribution in [3.8, 4) is 10.6 Å². The summed E-state index contributed by atoms with van der Waals surface area (Å²) >= 11 is 1.78. The van der Waals surface area contributed by atoms with Crippen LogP contribution < -0.4 is 0 Å². The zero-order valence-electron chi connectivity index (χ0n) is 11.2. The van der Waals surface area contributed by atoms with E-state index < -0.39 is 0 Å². The Hall–Kier alpha value is -1.75. The van der Waals surface area contributed by atoms with Crippen LogP contribution in [0, 0.1) is 5.92 Å². The molecule has 3 aromatic rings. The van der Waals surface area contributed by atoms with Crippen LogP contribution in [0.2, 0.25) is 0 Å². The van der Waals surface area contributed by atoms with Crippen LogP contribution in [0.1, 0.15) is 30.7 Å². The van der Waals surface area contributed by atoms with Crippen molar-refractivity contribution >= 4 is 22.4 Å². The van der Waals surface area contributed by atoms with E-state index in [1.54, 1.807) is 17.7 Å². The molecule has 1 aliphatic carbocycles. The summed E-state index contributed by atoms with van der Waals surface area (Å²) in [5.41, 5.74) is 1.88. The van der Waals surface area contributed by atoms with E-state index in [1.807, 2.05) is 18.5 Å². The molecule has 0 aliphatic heterocycles. The third-order valence-electron chi connectivity index (χ3n) is 4.08. The SMILES string of the molecule is c1nc(-c2cnc(CC3CCCC3)s2)c2cc[nH]c2n1. The summed E-state index contributed by atoms with van der Waals surface area (Å²) in [5, 5.41) is 2.32. The van der Waals surface area contributed by atoms with Gasteiger partial charge in [0.15, 0.2) is 0 Å². The second-order valence-corrected chi connectivity index (χ2v) is 6.55. The number of aromatic amines is 1. The molecule has 0 spiro atoms. The smallest absolute Gasteiger partial charge is 0.141 e. The summed E-state index contributed by atoms with van der Waals surface area (Å²) in [7, 11) is 0. The lowest BCUT2D eigenvalue weighted by Gasteiger charge is -2.04. The van der Waals surface area contributed by atoms with Gasteiger partial charge in [-0.05, 0) is 12.0 Å². The molecule has 5 heteroatoms. The fourth-order valence-corrected chi connectivity index (χ4v) is 4.09. The summed E-state index contributed by atoms with van der Waals surface area (Å²) in [6.45, 7) is 0. The highest BCUT2D eigenvalue weighted by Crippen LogP contribution is 2.33. The Morgan fingerprint density at radius 1 is 1.20 bits per heavy atom. The minimum absolute atomic E-state index is 0.840.